The molecule has 0 spiro atoms. The monoisotopic (exact) mass is 232 g/mol. The van der Waals surface area contributed by atoms with Gasteiger partial charge in [0.2, 0.25) is 0 Å². The first-order valence-corrected chi connectivity index (χ1v) is 5.56. The van der Waals surface area contributed by atoms with Crippen LogP contribution in [0.1, 0.15) is 6.92 Å². The van der Waals surface area contributed by atoms with Gasteiger partial charge in [0.15, 0.2) is 0 Å². The fourth-order valence-corrected chi connectivity index (χ4v) is 2.14. The summed E-state index contributed by atoms with van der Waals surface area (Å²) in [5.41, 5.74) is 5.19. The van der Waals surface area contributed by atoms with Crippen LogP contribution in [0.4, 0.5) is 0 Å². The minimum Gasteiger partial charge on any atom is -0.387 e. The predicted molar refractivity (Wildman–Crippen MR) is 55.9 cm³/mol. The molecule has 0 aliphatic rings. The summed E-state index contributed by atoms with van der Waals surface area (Å²) in [5.74, 6) is -0.00928. The van der Waals surface area contributed by atoms with E-state index in [0.717, 1.165) is 0 Å². The van der Waals surface area contributed by atoms with Crippen LogP contribution in [0.2, 0.25) is 5.02 Å². The van der Waals surface area contributed by atoms with Crippen LogP contribution in [0.5, 0.6) is 0 Å². The van der Waals surface area contributed by atoms with Crippen LogP contribution in [0.3, 0.4) is 0 Å². The molecule has 0 bridgehead atoms. The van der Waals surface area contributed by atoms with E-state index in [4.69, 9.17) is 17.3 Å². The summed E-state index contributed by atoms with van der Waals surface area (Å²) < 4.78 is 26.3. The molecule has 0 amide bonds. The zero-order valence-corrected chi connectivity index (χ0v) is 9.01. The van der Waals surface area contributed by atoms with Gasteiger partial charge in [0.25, 0.3) is 10.0 Å². The predicted octanol–water partition coefficient (Wildman–Crippen LogP) is 1.41. The summed E-state index contributed by atoms with van der Waals surface area (Å²) in [4.78, 5) is 0.0369. The Morgan fingerprint density at radius 1 is 1.50 bits per heavy atom. The van der Waals surface area contributed by atoms with Gasteiger partial charge in [-0.2, -0.15) is 8.42 Å². The molecule has 0 radical (unpaired) electrons. The molecule has 76 valence electrons. The summed E-state index contributed by atoms with van der Waals surface area (Å²) in [5, 5.41) is 0.343. The fraction of sp³-hybridized carbons (Fsp3) is 0.125. The van der Waals surface area contributed by atoms with Crippen molar-refractivity contribution < 1.29 is 8.42 Å². The quantitative estimate of drug-likeness (QED) is 0.619. The Labute approximate surface area is 87.5 Å². The van der Waals surface area contributed by atoms with Crippen LogP contribution in [0.25, 0.3) is 0 Å². The topological polar surface area (TPSA) is 72.5 Å². The molecule has 1 rings (SSSR count). The number of sulfonamides is 1. The average Bonchev–Trinajstić information content (AvgIpc) is 2.01. The second-order valence-corrected chi connectivity index (χ2v) is 4.71. The van der Waals surface area contributed by atoms with Crippen molar-refractivity contribution in [1.29, 1.82) is 0 Å². The number of benzene rings is 1. The van der Waals surface area contributed by atoms with Crippen molar-refractivity contribution in [1.82, 2.24) is 0 Å². The van der Waals surface area contributed by atoms with Crippen molar-refractivity contribution in [2.24, 2.45) is 10.1 Å². The molecule has 0 fully saturated rings. The smallest absolute Gasteiger partial charge is 0.283 e. The van der Waals surface area contributed by atoms with Gasteiger partial charge in [0.05, 0.1) is 4.90 Å². The second kappa shape index (κ2) is 3.98. The van der Waals surface area contributed by atoms with Crippen molar-refractivity contribution in [2.45, 2.75) is 11.8 Å². The number of rotatable bonds is 2. The Morgan fingerprint density at radius 3 is 2.64 bits per heavy atom. The van der Waals surface area contributed by atoms with Crippen molar-refractivity contribution in [3.8, 4) is 0 Å². The van der Waals surface area contributed by atoms with E-state index < -0.39 is 10.0 Å². The number of hydrogen-bond acceptors (Lipinski definition) is 2. The molecular formula is C8H9ClN2O2S. The molecule has 0 saturated heterocycles. The SMILES string of the molecule is CC(N)=NS(=O)(=O)c1cccc(Cl)c1. The van der Waals surface area contributed by atoms with Crippen molar-refractivity contribution >= 4 is 27.5 Å². The molecule has 0 saturated carbocycles. The van der Waals surface area contributed by atoms with E-state index in [0.29, 0.717) is 5.02 Å². The normalized spacial score (nSPS) is 12.9. The molecule has 0 aliphatic heterocycles. The van der Waals surface area contributed by atoms with Crippen LogP contribution in [-0.2, 0) is 10.0 Å². The molecule has 0 aliphatic carbocycles. The van der Waals surface area contributed by atoms with Gasteiger partial charge in [-0.3, -0.25) is 0 Å². The van der Waals surface area contributed by atoms with E-state index >= 15 is 0 Å². The molecule has 0 heterocycles. The maximum atomic E-state index is 11.5. The lowest BCUT2D eigenvalue weighted by atomic mass is 10.4. The first-order chi connectivity index (χ1) is 6.42. The second-order valence-electron chi connectivity index (χ2n) is 2.67. The van der Waals surface area contributed by atoms with Gasteiger partial charge in [-0.15, -0.1) is 4.40 Å². The summed E-state index contributed by atoms with van der Waals surface area (Å²) in [6.07, 6.45) is 0. The standard InChI is InChI=1S/C8H9ClN2O2S/c1-6(10)11-14(12,13)8-4-2-3-7(9)5-8/h2-5H,1H3,(H2,10,11). The minimum atomic E-state index is -3.70. The van der Waals surface area contributed by atoms with E-state index in [1.165, 1.54) is 25.1 Å². The maximum absolute atomic E-state index is 11.5. The number of nitrogens with zero attached hydrogens (tertiary/aromatic N) is 1. The molecule has 0 unspecified atom stereocenters. The van der Waals surface area contributed by atoms with Crippen LogP contribution < -0.4 is 5.73 Å². The molecule has 2 N–H and O–H groups in total. The van der Waals surface area contributed by atoms with E-state index in [-0.39, 0.29) is 10.7 Å². The first-order valence-electron chi connectivity index (χ1n) is 3.74. The van der Waals surface area contributed by atoms with Crippen LogP contribution >= 0.6 is 11.6 Å². The third-order valence-electron chi connectivity index (χ3n) is 1.36. The first kappa shape index (κ1) is 11.0. The third-order valence-corrected chi connectivity index (χ3v) is 2.97. The lowest BCUT2D eigenvalue weighted by molar-refractivity contribution is 0.598. The highest BCUT2D eigenvalue weighted by Gasteiger charge is 2.12. The summed E-state index contributed by atoms with van der Waals surface area (Å²) in [7, 11) is -3.70. The summed E-state index contributed by atoms with van der Waals surface area (Å²) in [6.45, 7) is 1.40. The van der Waals surface area contributed by atoms with Gasteiger partial charge in [0, 0.05) is 5.02 Å². The Bertz CT molecular complexity index is 464. The van der Waals surface area contributed by atoms with Gasteiger partial charge in [0.1, 0.15) is 5.84 Å². The zero-order valence-electron chi connectivity index (χ0n) is 7.44. The number of nitrogens with two attached hydrogens (primary N) is 1. The fourth-order valence-electron chi connectivity index (χ4n) is 0.870. The van der Waals surface area contributed by atoms with Crippen LogP contribution in [0.15, 0.2) is 33.6 Å². The largest absolute Gasteiger partial charge is 0.387 e. The van der Waals surface area contributed by atoms with E-state index in [2.05, 4.69) is 4.40 Å². The van der Waals surface area contributed by atoms with E-state index in [1.54, 1.807) is 6.07 Å². The lowest BCUT2D eigenvalue weighted by Gasteiger charge is -1.99. The molecular weight excluding hydrogens is 224 g/mol. The van der Waals surface area contributed by atoms with Crippen LogP contribution in [0, 0.1) is 0 Å². The van der Waals surface area contributed by atoms with Crippen molar-refractivity contribution in [2.75, 3.05) is 0 Å². The number of halogens is 1. The molecule has 4 nitrogen and oxygen atoms in total. The molecule has 0 atom stereocenters. The van der Waals surface area contributed by atoms with Crippen LogP contribution in [-0.4, -0.2) is 14.3 Å². The Hall–Kier alpha value is -1.07. The van der Waals surface area contributed by atoms with Gasteiger partial charge >= 0.3 is 0 Å². The molecule has 6 heteroatoms. The average molecular weight is 233 g/mol. The highest BCUT2D eigenvalue weighted by atomic mass is 35.5. The highest BCUT2D eigenvalue weighted by molar-refractivity contribution is 7.90. The Balaban J connectivity index is 3.24. The summed E-state index contributed by atoms with van der Waals surface area (Å²) >= 11 is 5.64. The highest BCUT2D eigenvalue weighted by Crippen LogP contribution is 2.17. The van der Waals surface area contributed by atoms with Gasteiger partial charge < -0.3 is 5.73 Å². The maximum Gasteiger partial charge on any atom is 0.283 e. The van der Waals surface area contributed by atoms with Gasteiger partial charge in [-0.25, -0.2) is 0 Å². The zero-order chi connectivity index (χ0) is 10.8. The Kier molecular flexibility index (Phi) is 3.13. The molecule has 14 heavy (non-hydrogen) atoms. The summed E-state index contributed by atoms with van der Waals surface area (Å²) in [6, 6.07) is 5.85. The van der Waals surface area contributed by atoms with Crippen molar-refractivity contribution in [3.63, 3.8) is 0 Å². The third kappa shape index (κ3) is 2.71. The number of hydrogen-bond donors (Lipinski definition) is 1. The Morgan fingerprint density at radius 2 is 2.14 bits per heavy atom. The van der Waals surface area contributed by atoms with Gasteiger partial charge in [-0.1, -0.05) is 17.7 Å². The molecule has 1 aromatic rings. The van der Waals surface area contributed by atoms with Gasteiger partial charge in [-0.05, 0) is 25.1 Å². The lowest BCUT2D eigenvalue weighted by Crippen LogP contribution is -2.09. The molecule has 0 aromatic heterocycles. The number of amidine groups is 1. The van der Waals surface area contributed by atoms with E-state index in [1.807, 2.05) is 0 Å². The van der Waals surface area contributed by atoms with E-state index in [9.17, 15) is 8.42 Å². The van der Waals surface area contributed by atoms with Crippen molar-refractivity contribution in [3.05, 3.63) is 29.3 Å². The minimum absolute atomic E-state index is 0.00928. The molecule has 1 aromatic carbocycles.